The minimum Gasteiger partial charge on any atom is -0.334 e. The minimum absolute atomic E-state index is 0.0582. The van der Waals surface area contributed by atoms with Gasteiger partial charge in [-0.2, -0.15) is 5.10 Å². The molecule has 2 heterocycles. The third-order valence-electron chi connectivity index (χ3n) is 4.03. The molecule has 5 heteroatoms. The van der Waals surface area contributed by atoms with E-state index in [1.807, 2.05) is 15.8 Å². The van der Waals surface area contributed by atoms with E-state index in [1.54, 1.807) is 6.20 Å². The van der Waals surface area contributed by atoms with Crippen LogP contribution in [-0.4, -0.2) is 39.7 Å². The largest absolute Gasteiger partial charge is 0.334 e. The summed E-state index contributed by atoms with van der Waals surface area (Å²) in [5, 5.41) is 4.31. The van der Waals surface area contributed by atoms with E-state index in [0.29, 0.717) is 18.0 Å². The van der Waals surface area contributed by atoms with Crippen LogP contribution < -0.4 is 5.73 Å². The van der Waals surface area contributed by atoms with E-state index in [0.717, 1.165) is 19.4 Å². The first-order valence-electron chi connectivity index (χ1n) is 7.39. The van der Waals surface area contributed by atoms with Crippen molar-refractivity contribution in [3.8, 4) is 0 Å². The van der Waals surface area contributed by atoms with E-state index in [4.69, 9.17) is 5.73 Å². The van der Waals surface area contributed by atoms with Crippen molar-refractivity contribution in [2.45, 2.75) is 52.1 Å². The molecule has 1 aromatic rings. The maximum Gasteiger partial charge on any atom is 0.257 e. The number of nitrogens with two attached hydrogens (primary N) is 1. The molecule has 20 heavy (non-hydrogen) atoms. The molecule has 1 aliphatic heterocycles. The standard InChI is InChI=1S/C15H26N4O/c1-11-5-6-18(13(7-11)8-16)14(20)12-9-17-19(10-12)15(2,3)4/h9-11,13H,5-8,16H2,1-4H3. The van der Waals surface area contributed by atoms with E-state index < -0.39 is 0 Å². The number of carbonyl (C=O) groups excluding carboxylic acids is 1. The van der Waals surface area contributed by atoms with Gasteiger partial charge in [-0.1, -0.05) is 6.92 Å². The second kappa shape index (κ2) is 5.56. The van der Waals surface area contributed by atoms with Crippen molar-refractivity contribution in [3.63, 3.8) is 0 Å². The fourth-order valence-electron chi connectivity index (χ4n) is 2.71. The van der Waals surface area contributed by atoms with Gasteiger partial charge >= 0.3 is 0 Å². The van der Waals surface area contributed by atoms with Crippen molar-refractivity contribution in [2.75, 3.05) is 13.1 Å². The molecule has 1 saturated heterocycles. The average molecular weight is 278 g/mol. The Morgan fingerprint density at radius 2 is 2.20 bits per heavy atom. The first kappa shape index (κ1) is 15.0. The lowest BCUT2D eigenvalue weighted by atomic mass is 9.92. The molecule has 0 aromatic carbocycles. The topological polar surface area (TPSA) is 64.2 Å². The van der Waals surface area contributed by atoms with Crippen LogP contribution in [-0.2, 0) is 5.54 Å². The second-order valence-corrected chi connectivity index (χ2v) is 6.86. The zero-order valence-electron chi connectivity index (χ0n) is 13.0. The van der Waals surface area contributed by atoms with Crippen molar-refractivity contribution in [1.82, 2.24) is 14.7 Å². The van der Waals surface area contributed by atoms with Gasteiger partial charge in [-0.15, -0.1) is 0 Å². The first-order chi connectivity index (χ1) is 9.32. The number of hydrogen-bond acceptors (Lipinski definition) is 3. The van der Waals surface area contributed by atoms with Gasteiger partial charge in [-0.25, -0.2) is 0 Å². The summed E-state index contributed by atoms with van der Waals surface area (Å²) in [6.45, 7) is 9.76. The smallest absolute Gasteiger partial charge is 0.257 e. The van der Waals surface area contributed by atoms with Gasteiger partial charge in [0.1, 0.15) is 0 Å². The van der Waals surface area contributed by atoms with Crippen LogP contribution in [0.5, 0.6) is 0 Å². The van der Waals surface area contributed by atoms with Crippen molar-refractivity contribution < 1.29 is 4.79 Å². The molecule has 1 amide bonds. The Morgan fingerprint density at radius 3 is 2.75 bits per heavy atom. The highest BCUT2D eigenvalue weighted by Gasteiger charge is 2.30. The number of amides is 1. The average Bonchev–Trinajstić information content (AvgIpc) is 2.87. The summed E-state index contributed by atoms with van der Waals surface area (Å²) in [7, 11) is 0. The molecule has 112 valence electrons. The SMILES string of the molecule is CC1CCN(C(=O)c2cnn(C(C)(C)C)c2)C(CN)C1. The molecule has 2 unspecified atom stereocenters. The summed E-state index contributed by atoms with van der Waals surface area (Å²) in [4.78, 5) is 14.6. The lowest BCUT2D eigenvalue weighted by Crippen LogP contribution is -2.49. The van der Waals surface area contributed by atoms with Gasteiger partial charge in [-0.3, -0.25) is 9.48 Å². The third-order valence-corrected chi connectivity index (χ3v) is 4.03. The van der Waals surface area contributed by atoms with Gasteiger partial charge in [0.2, 0.25) is 0 Å². The zero-order chi connectivity index (χ0) is 14.9. The zero-order valence-corrected chi connectivity index (χ0v) is 13.0. The molecule has 0 spiro atoms. The fourth-order valence-corrected chi connectivity index (χ4v) is 2.71. The molecule has 0 radical (unpaired) electrons. The molecule has 1 fully saturated rings. The van der Waals surface area contributed by atoms with Crippen LogP contribution in [0.25, 0.3) is 0 Å². The van der Waals surface area contributed by atoms with Gasteiger partial charge in [0.25, 0.3) is 5.91 Å². The molecule has 2 N–H and O–H groups in total. The molecule has 2 rings (SSSR count). The van der Waals surface area contributed by atoms with Gasteiger partial charge in [0, 0.05) is 25.3 Å². The highest BCUT2D eigenvalue weighted by Crippen LogP contribution is 2.24. The van der Waals surface area contributed by atoms with Gasteiger partial charge < -0.3 is 10.6 Å². The lowest BCUT2D eigenvalue weighted by molar-refractivity contribution is 0.0573. The lowest BCUT2D eigenvalue weighted by Gasteiger charge is -2.37. The van der Waals surface area contributed by atoms with E-state index >= 15 is 0 Å². The second-order valence-electron chi connectivity index (χ2n) is 6.86. The Hall–Kier alpha value is -1.36. The Kier molecular flexibility index (Phi) is 4.18. The van der Waals surface area contributed by atoms with Crippen molar-refractivity contribution in [1.29, 1.82) is 0 Å². The molecule has 5 nitrogen and oxygen atoms in total. The third kappa shape index (κ3) is 3.03. The van der Waals surface area contributed by atoms with Gasteiger partial charge in [0.15, 0.2) is 0 Å². The van der Waals surface area contributed by atoms with E-state index in [2.05, 4.69) is 32.8 Å². The Morgan fingerprint density at radius 1 is 1.50 bits per heavy atom. The highest BCUT2D eigenvalue weighted by molar-refractivity contribution is 5.94. The van der Waals surface area contributed by atoms with Crippen LogP contribution in [0.1, 0.15) is 50.9 Å². The monoisotopic (exact) mass is 278 g/mol. The molecular weight excluding hydrogens is 252 g/mol. The van der Waals surface area contributed by atoms with E-state index in [9.17, 15) is 4.79 Å². The van der Waals surface area contributed by atoms with Crippen LogP contribution in [0.15, 0.2) is 12.4 Å². The number of carbonyl (C=O) groups is 1. The molecule has 0 bridgehead atoms. The predicted molar refractivity (Wildman–Crippen MR) is 79.5 cm³/mol. The number of aromatic nitrogens is 2. The summed E-state index contributed by atoms with van der Waals surface area (Å²) in [6, 6.07) is 0.157. The maximum atomic E-state index is 12.6. The minimum atomic E-state index is -0.109. The van der Waals surface area contributed by atoms with E-state index in [-0.39, 0.29) is 17.5 Å². The molecule has 2 atom stereocenters. The van der Waals surface area contributed by atoms with Crippen molar-refractivity contribution in [3.05, 3.63) is 18.0 Å². The van der Waals surface area contributed by atoms with E-state index in [1.165, 1.54) is 0 Å². The summed E-state index contributed by atoms with van der Waals surface area (Å²) in [5.74, 6) is 0.702. The van der Waals surface area contributed by atoms with Crippen LogP contribution >= 0.6 is 0 Å². The molecule has 1 aliphatic rings. The Balaban J connectivity index is 2.16. The normalized spacial score (nSPS) is 23.9. The van der Waals surface area contributed by atoms with Gasteiger partial charge in [-0.05, 0) is 39.5 Å². The van der Waals surface area contributed by atoms with Crippen LogP contribution in [0, 0.1) is 5.92 Å². The van der Waals surface area contributed by atoms with Crippen molar-refractivity contribution in [2.24, 2.45) is 11.7 Å². The first-order valence-corrected chi connectivity index (χ1v) is 7.39. The number of hydrogen-bond donors (Lipinski definition) is 1. The Labute approximate surface area is 121 Å². The predicted octanol–water partition coefficient (Wildman–Crippen LogP) is 1.84. The summed E-state index contributed by atoms with van der Waals surface area (Å²) < 4.78 is 1.84. The molecule has 0 saturated carbocycles. The van der Waals surface area contributed by atoms with Crippen LogP contribution in [0.2, 0.25) is 0 Å². The summed E-state index contributed by atoms with van der Waals surface area (Å²) >= 11 is 0. The van der Waals surface area contributed by atoms with Crippen LogP contribution in [0.3, 0.4) is 0 Å². The maximum absolute atomic E-state index is 12.6. The number of rotatable bonds is 2. The highest BCUT2D eigenvalue weighted by atomic mass is 16.2. The fraction of sp³-hybridized carbons (Fsp3) is 0.733. The molecule has 0 aliphatic carbocycles. The van der Waals surface area contributed by atoms with Gasteiger partial charge in [0.05, 0.1) is 17.3 Å². The van der Waals surface area contributed by atoms with Crippen molar-refractivity contribution >= 4 is 5.91 Å². The molecular formula is C15H26N4O. The quantitative estimate of drug-likeness (QED) is 0.897. The number of likely N-dealkylation sites (tertiary alicyclic amines) is 1. The summed E-state index contributed by atoms with van der Waals surface area (Å²) in [6.07, 6.45) is 5.55. The number of nitrogens with zero attached hydrogens (tertiary/aromatic N) is 3. The Bertz CT molecular complexity index is 474. The van der Waals surface area contributed by atoms with Crippen LogP contribution in [0.4, 0.5) is 0 Å². The molecule has 1 aromatic heterocycles. The number of piperidine rings is 1. The summed E-state index contributed by atoms with van der Waals surface area (Å²) in [5.41, 5.74) is 6.38.